The molecule has 0 saturated heterocycles. The van der Waals surface area contributed by atoms with E-state index in [1.807, 2.05) is 30.3 Å². The quantitative estimate of drug-likeness (QED) is 0.804. The van der Waals surface area contributed by atoms with Crippen LogP contribution in [0.2, 0.25) is 0 Å². The van der Waals surface area contributed by atoms with Crippen molar-refractivity contribution in [1.29, 1.82) is 0 Å². The molecule has 1 heterocycles. The van der Waals surface area contributed by atoms with E-state index >= 15 is 0 Å². The predicted molar refractivity (Wildman–Crippen MR) is 71.0 cm³/mol. The summed E-state index contributed by atoms with van der Waals surface area (Å²) < 4.78 is 10.8. The van der Waals surface area contributed by atoms with Crippen molar-refractivity contribution in [3.8, 4) is 0 Å². The normalized spacial score (nSPS) is 18.8. The SMILES string of the molecule is COC1(c2noc(C(Cl)c3ccccc3)n2)CCC1. The maximum absolute atomic E-state index is 6.36. The molecule has 5 heteroatoms. The van der Waals surface area contributed by atoms with Gasteiger partial charge >= 0.3 is 0 Å². The first-order chi connectivity index (χ1) is 9.25. The molecule has 1 fully saturated rings. The molecule has 0 radical (unpaired) electrons. The van der Waals surface area contributed by atoms with Gasteiger partial charge in [0.15, 0.2) is 0 Å². The molecule has 0 amide bonds. The second kappa shape index (κ2) is 4.94. The molecule has 1 aromatic carbocycles. The number of alkyl halides is 1. The first-order valence-corrected chi connectivity index (χ1v) is 6.77. The third-order valence-electron chi connectivity index (χ3n) is 3.71. The minimum Gasteiger partial charge on any atom is -0.370 e. The van der Waals surface area contributed by atoms with Crippen molar-refractivity contribution < 1.29 is 9.26 Å². The number of rotatable bonds is 4. The zero-order chi connectivity index (χ0) is 13.3. The summed E-state index contributed by atoms with van der Waals surface area (Å²) in [6.45, 7) is 0. The minimum atomic E-state index is -0.420. The summed E-state index contributed by atoms with van der Waals surface area (Å²) in [7, 11) is 1.69. The first kappa shape index (κ1) is 12.6. The predicted octanol–water partition coefficient (Wildman–Crippen LogP) is 3.42. The molecule has 1 aliphatic carbocycles. The van der Waals surface area contributed by atoms with E-state index in [1.54, 1.807) is 7.11 Å². The van der Waals surface area contributed by atoms with Crippen LogP contribution in [0.1, 0.15) is 41.9 Å². The van der Waals surface area contributed by atoms with Gasteiger partial charge in [-0.1, -0.05) is 35.5 Å². The van der Waals surface area contributed by atoms with Gasteiger partial charge in [-0.3, -0.25) is 0 Å². The van der Waals surface area contributed by atoms with Crippen molar-refractivity contribution in [2.24, 2.45) is 0 Å². The number of benzene rings is 1. The summed E-state index contributed by atoms with van der Waals surface area (Å²) in [4.78, 5) is 4.42. The molecule has 1 saturated carbocycles. The average molecular weight is 279 g/mol. The van der Waals surface area contributed by atoms with Crippen molar-refractivity contribution in [3.05, 3.63) is 47.6 Å². The fraction of sp³-hybridized carbons (Fsp3) is 0.429. The van der Waals surface area contributed by atoms with Crippen molar-refractivity contribution >= 4 is 11.6 Å². The summed E-state index contributed by atoms with van der Waals surface area (Å²) in [5.41, 5.74) is 0.578. The van der Waals surface area contributed by atoms with Crippen LogP contribution < -0.4 is 0 Å². The van der Waals surface area contributed by atoms with Crippen LogP contribution in [0, 0.1) is 0 Å². The fourth-order valence-corrected chi connectivity index (χ4v) is 2.54. The third kappa shape index (κ3) is 2.15. The third-order valence-corrected chi connectivity index (χ3v) is 4.15. The molecule has 0 spiro atoms. The first-order valence-electron chi connectivity index (χ1n) is 6.33. The van der Waals surface area contributed by atoms with Gasteiger partial charge in [0.2, 0.25) is 11.7 Å². The standard InChI is InChI=1S/C14H15ClN2O2/c1-18-14(8-5-9-14)13-16-12(19-17-13)11(15)10-6-3-2-4-7-10/h2-4,6-7,11H,5,8-9H2,1H3. The second-order valence-corrected chi connectivity index (χ2v) is 5.22. The van der Waals surface area contributed by atoms with E-state index in [0.29, 0.717) is 11.7 Å². The molecule has 100 valence electrons. The Balaban J connectivity index is 1.85. The molecule has 1 atom stereocenters. The Morgan fingerprint density at radius 3 is 2.63 bits per heavy atom. The number of ether oxygens (including phenoxy) is 1. The molecule has 0 N–H and O–H groups in total. The topological polar surface area (TPSA) is 48.2 Å². The number of aromatic nitrogens is 2. The van der Waals surface area contributed by atoms with Crippen molar-refractivity contribution in [2.75, 3.05) is 7.11 Å². The van der Waals surface area contributed by atoms with Crippen molar-refractivity contribution in [3.63, 3.8) is 0 Å². The molecule has 1 aromatic heterocycles. The molecule has 0 aliphatic heterocycles. The average Bonchev–Trinajstić information content (AvgIpc) is 2.88. The highest BCUT2D eigenvalue weighted by Crippen LogP contribution is 2.43. The highest BCUT2D eigenvalue weighted by Gasteiger charge is 2.43. The number of hydrogen-bond donors (Lipinski definition) is 0. The van der Waals surface area contributed by atoms with Crippen LogP contribution in [0.15, 0.2) is 34.9 Å². The largest absolute Gasteiger partial charge is 0.370 e. The Bertz CT molecular complexity index is 546. The maximum Gasteiger partial charge on any atom is 0.249 e. The van der Waals surface area contributed by atoms with Gasteiger partial charge in [-0.2, -0.15) is 4.98 Å². The van der Waals surface area contributed by atoms with Crippen molar-refractivity contribution in [1.82, 2.24) is 10.1 Å². The van der Waals surface area contributed by atoms with Crippen LogP contribution in [0.5, 0.6) is 0 Å². The lowest BCUT2D eigenvalue weighted by atomic mass is 9.79. The summed E-state index contributed by atoms with van der Waals surface area (Å²) >= 11 is 6.36. The van der Waals surface area contributed by atoms with E-state index in [-0.39, 0.29) is 5.60 Å². The van der Waals surface area contributed by atoms with Gasteiger partial charge in [-0.25, -0.2) is 0 Å². The van der Waals surface area contributed by atoms with E-state index in [2.05, 4.69) is 10.1 Å². The lowest BCUT2D eigenvalue weighted by molar-refractivity contribution is -0.0858. The zero-order valence-corrected chi connectivity index (χ0v) is 11.4. The lowest BCUT2D eigenvalue weighted by Gasteiger charge is -2.37. The lowest BCUT2D eigenvalue weighted by Crippen LogP contribution is -2.37. The van der Waals surface area contributed by atoms with Gasteiger partial charge < -0.3 is 9.26 Å². The summed E-state index contributed by atoms with van der Waals surface area (Å²) in [5.74, 6) is 1.03. The summed E-state index contributed by atoms with van der Waals surface area (Å²) in [5, 5.41) is 3.61. The minimum absolute atomic E-state index is 0.366. The van der Waals surface area contributed by atoms with Gasteiger partial charge in [-0.15, -0.1) is 11.6 Å². The van der Waals surface area contributed by atoms with Crippen LogP contribution in [0.3, 0.4) is 0 Å². The van der Waals surface area contributed by atoms with Crippen LogP contribution in [0.25, 0.3) is 0 Å². The molecule has 0 bridgehead atoms. The van der Waals surface area contributed by atoms with E-state index in [4.69, 9.17) is 20.9 Å². The molecule has 1 unspecified atom stereocenters. The van der Waals surface area contributed by atoms with Gasteiger partial charge in [0, 0.05) is 7.11 Å². The summed E-state index contributed by atoms with van der Waals surface area (Å²) in [6.07, 6.45) is 2.99. The fourth-order valence-electron chi connectivity index (χ4n) is 2.30. The van der Waals surface area contributed by atoms with Gasteiger partial charge in [-0.05, 0) is 24.8 Å². The Morgan fingerprint density at radius 2 is 2.05 bits per heavy atom. The molecule has 3 rings (SSSR count). The Kier molecular flexibility index (Phi) is 3.29. The number of halogens is 1. The smallest absolute Gasteiger partial charge is 0.249 e. The Labute approximate surface area is 116 Å². The number of nitrogens with zero attached hydrogens (tertiary/aromatic N) is 2. The zero-order valence-electron chi connectivity index (χ0n) is 10.7. The van der Waals surface area contributed by atoms with E-state index < -0.39 is 5.38 Å². The Hall–Kier alpha value is -1.39. The van der Waals surface area contributed by atoms with Crippen LogP contribution in [0.4, 0.5) is 0 Å². The highest BCUT2D eigenvalue weighted by molar-refractivity contribution is 6.22. The van der Waals surface area contributed by atoms with Gasteiger partial charge in [0.25, 0.3) is 0 Å². The number of methoxy groups -OCH3 is 1. The van der Waals surface area contributed by atoms with Crippen LogP contribution >= 0.6 is 11.6 Å². The Morgan fingerprint density at radius 1 is 1.32 bits per heavy atom. The second-order valence-electron chi connectivity index (χ2n) is 4.78. The maximum atomic E-state index is 6.36. The molecular weight excluding hydrogens is 264 g/mol. The molecule has 19 heavy (non-hydrogen) atoms. The molecular formula is C14H15ClN2O2. The summed E-state index contributed by atoms with van der Waals surface area (Å²) in [6, 6.07) is 9.70. The van der Waals surface area contributed by atoms with Crippen molar-refractivity contribution in [2.45, 2.75) is 30.2 Å². The molecule has 2 aromatic rings. The monoisotopic (exact) mass is 278 g/mol. The molecule has 1 aliphatic rings. The van der Waals surface area contributed by atoms with Gasteiger partial charge in [0.1, 0.15) is 11.0 Å². The van der Waals surface area contributed by atoms with E-state index in [9.17, 15) is 0 Å². The van der Waals surface area contributed by atoms with Gasteiger partial charge in [0.05, 0.1) is 0 Å². The number of hydrogen-bond acceptors (Lipinski definition) is 4. The molecule has 4 nitrogen and oxygen atoms in total. The van der Waals surface area contributed by atoms with E-state index in [0.717, 1.165) is 24.8 Å². The highest BCUT2D eigenvalue weighted by atomic mass is 35.5. The van der Waals surface area contributed by atoms with E-state index in [1.165, 1.54) is 0 Å². The van der Waals surface area contributed by atoms with Crippen LogP contribution in [-0.2, 0) is 10.3 Å². The van der Waals surface area contributed by atoms with Crippen LogP contribution in [-0.4, -0.2) is 17.3 Å².